The van der Waals surface area contributed by atoms with E-state index in [1.165, 1.54) is 17.5 Å². The Hall–Kier alpha value is -1.96. The first-order valence-electron chi connectivity index (χ1n) is 5.01. The maximum absolute atomic E-state index is 11.8. The van der Waals surface area contributed by atoms with Gasteiger partial charge in [0, 0.05) is 5.92 Å². The lowest BCUT2D eigenvalue weighted by Gasteiger charge is -1.98. The summed E-state index contributed by atoms with van der Waals surface area (Å²) in [6, 6.07) is 0. The summed E-state index contributed by atoms with van der Waals surface area (Å²) in [4.78, 5) is 11.8. The number of carbonyl (C=O) groups is 1. The summed E-state index contributed by atoms with van der Waals surface area (Å²) in [6.07, 6.45) is 1.37. The van der Waals surface area contributed by atoms with Crippen LogP contribution in [0.3, 0.4) is 0 Å². The Morgan fingerprint density at radius 2 is 2.29 bits per heavy atom. The number of H-pyrrole nitrogens is 1. The van der Waals surface area contributed by atoms with Crippen LogP contribution in [0.4, 0.5) is 10.9 Å². The zero-order valence-electron chi connectivity index (χ0n) is 9.39. The van der Waals surface area contributed by atoms with Crippen LogP contribution in [0.2, 0.25) is 0 Å². The Morgan fingerprint density at radius 1 is 1.53 bits per heavy atom. The maximum atomic E-state index is 11.8. The van der Waals surface area contributed by atoms with Crippen molar-refractivity contribution in [3.8, 4) is 0 Å². The topological polar surface area (TPSA) is 110 Å². The van der Waals surface area contributed by atoms with Crippen molar-refractivity contribution >= 4 is 28.2 Å². The first kappa shape index (κ1) is 11.5. The van der Waals surface area contributed by atoms with E-state index in [2.05, 4.69) is 25.7 Å². The fourth-order valence-corrected chi connectivity index (χ4v) is 1.90. The number of rotatable bonds is 3. The van der Waals surface area contributed by atoms with Gasteiger partial charge in [0.05, 0.1) is 6.20 Å². The molecule has 0 atom stereocenters. The Balaban J connectivity index is 2.11. The van der Waals surface area contributed by atoms with E-state index in [4.69, 9.17) is 5.73 Å². The molecule has 90 valence electrons. The Labute approximate surface area is 101 Å². The highest BCUT2D eigenvalue weighted by molar-refractivity contribution is 7.15. The molecule has 4 N–H and O–H groups in total. The molecule has 0 aliphatic carbocycles. The summed E-state index contributed by atoms with van der Waals surface area (Å²) in [5.74, 6) is 0.177. The van der Waals surface area contributed by atoms with Gasteiger partial charge in [0.15, 0.2) is 0 Å². The number of carbonyl (C=O) groups excluding carboxylic acids is 1. The molecule has 1 amide bonds. The number of aromatic amines is 1. The van der Waals surface area contributed by atoms with Crippen LogP contribution in [0.25, 0.3) is 0 Å². The van der Waals surface area contributed by atoms with Gasteiger partial charge >= 0.3 is 0 Å². The van der Waals surface area contributed by atoms with Crippen LogP contribution in [0.15, 0.2) is 6.20 Å². The average molecular weight is 252 g/mol. The number of aromatic nitrogens is 4. The van der Waals surface area contributed by atoms with Gasteiger partial charge in [-0.3, -0.25) is 15.2 Å². The molecule has 2 aromatic heterocycles. The van der Waals surface area contributed by atoms with E-state index in [9.17, 15) is 4.79 Å². The van der Waals surface area contributed by atoms with E-state index < -0.39 is 0 Å². The highest BCUT2D eigenvalue weighted by Gasteiger charge is 2.14. The van der Waals surface area contributed by atoms with Crippen LogP contribution in [-0.4, -0.2) is 26.3 Å². The van der Waals surface area contributed by atoms with Crippen LogP contribution in [0.5, 0.6) is 0 Å². The third-order valence-electron chi connectivity index (χ3n) is 2.07. The molecule has 0 saturated carbocycles. The molecule has 0 radical (unpaired) electrons. The highest BCUT2D eigenvalue weighted by Crippen LogP contribution is 2.23. The third kappa shape index (κ3) is 2.41. The first-order valence-corrected chi connectivity index (χ1v) is 5.83. The standard InChI is InChI=1S/C9H12N6OS/c1-4(2)8-14-15-9(17-8)12-7(16)5-3-11-13-6(5)10/h3-4H,1-2H3,(H3,10,11,13)(H,12,15,16). The van der Waals surface area contributed by atoms with Crippen molar-refractivity contribution in [3.05, 3.63) is 16.8 Å². The fourth-order valence-electron chi connectivity index (χ4n) is 1.16. The number of hydrogen-bond acceptors (Lipinski definition) is 6. The van der Waals surface area contributed by atoms with Gasteiger partial charge in [-0.2, -0.15) is 5.10 Å². The largest absolute Gasteiger partial charge is 0.383 e. The number of nitrogens with zero attached hydrogens (tertiary/aromatic N) is 3. The summed E-state index contributed by atoms with van der Waals surface area (Å²) in [7, 11) is 0. The fraction of sp³-hybridized carbons (Fsp3) is 0.333. The molecule has 0 fully saturated rings. The normalized spacial score (nSPS) is 10.8. The lowest BCUT2D eigenvalue weighted by atomic mass is 10.2. The van der Waals surface area contributed by atoms with E-state index in [-0.39, 0.29) is 17.6 Å². The zero-order chi connectivity index (χ0) is 12.4. The predicted octanol–water partition coefficient (Wildman–Crippen LogP) is 1.22. The first-order chi connectivity index (χ1) is 8.08. The molecule has 0 spiro atoms. The molecule has 7 nitrogen and oxygen atoms in total. The average Bonchev–Trinajstić information content (AvgIpc) is 2.86. The summed E-state index contributed by atoms with van der Waals surface area (Å²) < 4.78 is 0. The Morgan fingerprint density at radius 3 is 2.82 bits per heavy atom. The molecule has 8 heteroatoms. The van der Waals surface area contributed by atoms with Gasteiger partial charge in [-0.15, -0.1) is 10.2 Å². The summed E-state index contributed by atoms with van der Waals surface area (Å²) >= 11 is 1.35. The minimum absolute atomic E-state index is 0.232. The van der Waals surface area contributed by atoms with Crippen LogP contribution < -0.4 is 11.1 Å². The highest BCUT2D eigenvalue weighted by atomic mass is 32.1. The van der Waals surface area contributed by atoms with Gasteiger partial charge in [-0.05, 0) is 0 Å². The molecule has 17 heavy (non-hydrogen) atoms. The Kier molecular flexibility index (Phi) is 3.05. The third-order valence-corrected chi connectivity index (χ3v) is 3.21. The molecule has 0 aliphatic heterocycles. The van der Waals surface area contributed by atoms with Gasteiger partial charge in [0.1, 0.15) is 16.4 Å². The van der Waals surface area contributed by atoms with Crippen molar-refractivity contribution in [2.24, 2.45) is 0 Å². The SMILES string of the molecule is CC(C)c1nnc(NC(=O)c2cn[nH]c2N)s1. The van der Waals surface area contributed by atoms with Gasteiger partial charge in [0.25, 0.3) is 5.91 Å². The van der Waals surface area contributed by atoms with Crippen molar-refractivity contribution in [2.75, 3.05) is 11.1 Å². The van der Waals surface area contributed by atoms with Crippen molar-refractivity contribution in [3.63, 3.8) is 0 Å². The van der Waals surface area contributed by atoms with Gasteiger partial charge in [-0.25, -0.2) is 0 Å². The second-order valence-electron chi connectivity index (χ2n) is 3.75. The predicted molar refractivity (Wildman–Crippen MR) is 65.0 cm³/mol. The van der Waals surface area contributed by atoms with Crippen LogP contribution in [-0.2, 0) is 0 Å². The van der Waals surface area contributed by atoms with E-state index in [1.807, 2.05) is 13.8 Å². The van der Waals surface area contributed by atoms with Crippen molar-refractivity contribution < 1.29 is 4.79 Å². The molecule has 0 saturated heterocycles. The lowest BCUT2D eigenvalue weighted by molar-refractivity contribution is 0.102. The van der Waals surface area contributed by atoms with Crippen LogP contribution in [0.1, 0.15) is 35.1 Å². The molecule has 0 aliphatic rings. The number of nitrogens with one attached hydrogen (secondary N) is 2. The van der Waals surface area contributed by atoms with Gasteiger partial charge in [0.2, 0.25) is 5.13 Å². The maximum Gasteiger partial charge on any atom is 0.262 e. The second-order valence-corrected chi connectivity index (χ2v) is 4.76. The number of nitrogen functional groups attached to an aromatic ring is 1. The molecule has 2 rings (SSSR count). The summed E-state index contributed by atoms with van der Waals surface area (Å²) in [5, 5.41) is 18.0. The lowest BCUT2D eigenvalue weighted by Crippen LogP contribution is -2.12. The number of amides is 1. The van der Waals surface area contributed by atoms with Crippen molar-refractivity contribution in [1.29, 1.82) is 0 Å². The van der Waals surface area contributed by atoms with E-state index in [1.54, 1.807) is 0 Å². The minimum Gasteiger partial charge on any atom is -0.383 e. The van der Waals surface area contributed by atoms with Crippen LogP contribution in [0, 0.1) is 0 Å². The molecular weight excluding hydrogens is 240 g/mol. The van der Waals surface area contributed by atoms with E-state index in [0.717, 1.165) is 5.01 Å². The van der Waals surface area contributed by atoms with Crippen molar-refractivity contribution in [1.82, 2.24) is 20.4 Å². The molecule has 0 unspecified atom stereocenters. The van der Waals surface area contributed by atoms with Gasteiger partial charge < -0.3 is 5.73 Å². The molecule has 2 aromatic rings. The van der Waals surface area contributed by atoms with Crippen molar-refractivity contribution in [2.45, 2.75) is 19.8 Å². The Bertz CT molecular complexity index is 531. The van der Waals surface area contributed by atoms with Crippen LogP contribution >= 0.6 is 11.3 Å². The number of hydrogen-bond donors (Lipinski definition) is 3. The molecule has 2 heterocycles. The smallest absolute Gasteiger partial charge is 0.262 e. The molecule has 0 bridgehead atoms. The van der Waals surface area contributed by atoms with E-state index >= 15 is 0 Å². The van der Waals surface area contributed by atoms with E-state index in [0.29, 0.717) is 10.7 Å². The summed E-state index contributed by atoms with van der Waals surface area (Å²) in [5.41, 5.74) is 5.83. The molecular formula is C9H12N6OS. The molecule has 0 aromatic carbocycles. The number of anilines is 2. The summed E-state index contributed by atoms with van der Waals surface area (Å²) in [6.45, 7) is 4.03. The monoisotopic (exact) mass is 252 g/mol. The minimum atomic E-state index is -0.345. The zero-order valence-corrected chi connectivity index (χ0v) is 10.2. The number of nitrogens with two attached hydrogens (primary N) is 1. The quantitative estimate of drug-likeness (QED) is 0.760. The second kappa shape index (κ2) is 4.50. The van der Waals surface area contributed by atoms with Gasteiger partial charge in [-0.1, -0.05) is 25.2 Å².